The second-order valence-corrected chi connectivity index (χ2v) is 9.84. The first-order valence-electron chi connectivity index (χ1n) is 8.08. The zero-order chi connectivity index (χ0) is 18.7. The van der Waals surface area contributed by atoms with Crippen LogP contribution in [-0.4, -0.2) is 55.8 Å². The molecular weight excluding hydrogens is 413 g/mol. The summed E-state index contributed by atoms with van der Waals surface area (Å²) >= 11 is 13.6. The van der Waals surface area contributed by atoms with Crippen LogP contribution in [-0.2, 0) is 15.8 Å². The zero-order valence-electron chi connectivity index (χ0n) is 14.2. The molecule has 26 heavy (non-hydrogen) atoms. The van der Waals surface area contributed by atoms with Crippen LogP contribution >= 0.6 is 35.0 Å². The average Bonchev–Trinajstić information content (AvgIpc) is 2.62. The zero-order valence-corrected chi connectivity index (χ0v) is 17.4. The fourth-order valence-corrected chi connectivity index (χ4v) is 5.34. The number of rotatable bonds is 5. The van der Waals surface area contributed by atoms with Crippen molar-refractivity contribution < 1.29 is 8.42 Å². The average molecular weight is 432 g/mol. The molecule has 1 aliphatic rings. The summed E-state index contributed by atoms with van der Waals surface area (Å²) in [6, 6.07) is 8.73. The summed E-state index contributed by atoms with van der Waals surface area (Å²) in [4.78, 5) is 6.64. The van der Waals surface area contributed by atoms with E-state index in [1.165, 1.54) is 22.3 Å². The minimum Gasteiger partial charge on any atom is -0.304 e. The third-order valence-corrected chi connectivity index (χ3v) is 7.66. The summed E-state index contributed by atoms with van der Waals surface area (Å²) in [5, 5.41) is 1.95. The molecule has 9 heteroatoms. The van der Waals surface area contributed by atoms with Crippen LogP contribution in [0.3, 0.4) is 0 Å². The number of nitrogens with zero attached hydrogens (tertiary/aromatic N) is 3. The summed E-state index contributed by atoms with van der Waals surface area (Å²) in [5.74, 6) is 0.632. The molecule has 140 valence electrons. The molecule has 2 aromatic rings. The molecule has 0 N–H and O–H groups in total. The molecule has 0 unspecified atom stereocenters. The van der Waals surface area contributed by atoms with Gasteiger partial charge in [-0.2, -0.15) is 4.31 Å². The molecule has 1 aromatic heterocycles. The Morgan fingerprint density at radius 3 is 2.46 bits per heavy atom. The van der Waals surface area contributed by atoms with Gasteiger partial charge in [-0.1, -0.05) is 29.3 Å². The molecule has 1 saturated heterocycles. The SMILES string of the molecule is CN1CCN(S(=O)(=O)c2ccc(SCc3ccc(Cl)cc3Cl)nc2)CC1. The lowest BCUT2D eigenvalue weighted by atomic mass is 10.2. The van der Waals surface area contributed by atoms with Crippen LogP contribution in [0.4, 0.5) is 0 Å². The van der Waals surface area contributed by atoms with Gasteiger partial charge in [0.25, 0.3) is 0 Å². The third-order valence-electron chi connectivity index (χ3n) is 4.20. The van der Waals surface area contributed by atoms with E-state index in [-0.39, 0.29) is 4.90 Å². The Kier molecular flexibility index (Phi) is 6.48. The molecule has 0 atom stereocenters. The summed E-state index contributed by atoms with van der Waals surface area (Å²) in [6.45, 7) is 2.49. The molecule has 0 aliphatic carbocycles. The number of thioether (sulfide) groups is 1. The number of aromatic nitrogens is 1. The van der Waals surface area contributed by atoms with Crippen molar-refractivity contribution in [3.05, 3.63) is 52.1 Å². The smallest absolute Gasteiger partial charge is 0.244 e. The van der Waals surface area contributed by atoms with Crippen molar-refractivity contribution >= 4 is 45.0 Å². The molecular formula is C17H19Cl2N3O2S2. The Bertz CT molecular complexity index is 868. The number of pyridine rings is 1. The van der Waals surface area contributed by atoms with E-state index in [2.05, 4.69) is 9.88 Å². The van der Waals surface area contributed by atoms with Crippen molar-refractivity contribution in [2.75, 3.05) is 33.2 Å². The Hall–Kier alpha value is -0.830. The highest BCUT2D eigenvalue weighted by molar-refractivity contribution is 7.98. The van der Waals surface area contributed by atoms with Gasteiger partial charge in [0.05, 0.1) is 5.03 Å². The topological polar surface area (TPSA) is 53.5 Å². The fourth-order valence-electron chi connectivity index (χ4n) is 2.57. The van der Waals surface area contributed by atoms with Gasteiger partial charge < -0.3 is 4.90 Å². The Morgan fingerprint density at radius 1 is 1.12 bits per heavy atom. The number of piperazine rings is 1. The number of likely N-dealkylation sites (N-methyl/N-ethyl adjacent to an activating group) is 1. The van der Waals surface area contributed by atoms with Crippen molar-refractivity contribution in [3.8, 4) is 0 Å². The second-order valence-electron chi connectivity index (χ2n) is 6.06. The van der Waals surface area contributed by atoms with Gasteiger partial charge in [-0.05, 0) is 36.9 Å². The Labute approximate surface area is 168 Å². The van der Waals surface area contributed by atoms with E-state index in [4.69, 9.17) is 23.2 Å². The molecule has 0 saturated carbocycles. The maximum absolute atomic E-state index is 12.7. The van der Waals surface area contributed by atoms with Gasteiger partial charge in [0.15, 0.2) is 0 Å². The summed E-state index contributed by atoms with van der Waals surface area (Å²) in [6.07, 6.45) is 1.43. The van der Waals surface area contributed by atoms with E-state index in [1.807, 2.05) is 13.1 Å². The van der Waals surface area contributed by atoms with Gasteiger partial charge in [0.1, 0.15) is 4.90 Å². The van der Waals surface area contributed by atoms with Crippen molar-refractivity contribution in [1.82, 2.24) is 14.2 Å². The first-order valence-corrected chi connectivity index (χ1v) is 11.3. The number of benzene rings is 1. The molecule has 1 aliphatic heterocycles. The largest absolute Gasteiger partial charge is 0.304 e. The van der Waals surface area contributed by atoms with Crippen LogP contribution in [0.25, 0.3) is 0 Å². The molecule has 0 spiro atoms. The van der Waals surface area contributed by atoms with E-state index in [0.717, 1.165) is 23.7 Å². The highest BCUT2D eigenvalue weighted by atomic mass is 35.5. The minimum atomic E-state index is -3.48. The Balaban J connectivity index is 1.66. The van der Waals surface area contributed by atoms with Gasteiger partial charge in [0, 0.05) is 48.2 Å². The number of halogens is 2. The molecule has 2 heterocycles. The highest BCUT2D eigenvalue weighted by Gasteiger charge is 2.27. The van der Waals surface area contributed by atoms with Crippen LogP contribution in [0.5, 0.6) is 0 Å². The van der Waals surface area contributed by atoms with E-state index >= 15 is 0 Å². The fraction of sp³-hybridized carbons (Fsp3) is 0.353. The predicted octanol–water partition coefficient (Wildman–Crippen LogP) is 3.62. The lowest BCUT2D eigenvalue weighted by Crippen LogP contribution is -2.47. The highest BCUT2D eigenvalue weighted by Crippen LogP contribution is 2.28. The van der Waals surface area contributed by atoms with Gasteiger partial charge in [-0.25, -0.2) is 13.4 Å². The van der Waals surface area contributed by atoms with Crippen LogP contribution in [0.2, 0.25) is 10.0 Å². The van der Waals surface area contributed by atoms with Crippen molar-refractivity contribution in [1.29, 1.82) is 0 Å². The van der Waals surface area contributed by atoms with Crippen LogP contribution in [0.15, 0.2) is 46.5 Å². The van der Waals surface area contributed by atoms with E-state index < -0.39 is 10.0 Å². The van der Waals surface area contributed by atoms with Gasteiger partial charge in [0.2, 0.25) is 10.0 Å². The van der Waals surface area contributed by atoms with Crippen LogP contribution < -0.4 is 0 Å². The van der Waals surface area contributed by atoms with Gasteiger partial charge >= 0.3 is 0 Å². The predicted molar refractivity (Wildman–Crippen MR) is 107 cm³/mol. The van der Waals surface area contributed by atoms with Gasteiger partial charge in [-0.3, -0.25) is 0 Å². The summed E-state index contributed by atoms with van der Waals surface area (Å²) < 4.78 is 26.9. The third kappa shape index (κ3) is 4.71. The van der Waals surface area contributed by atoms with Gasteiger partial charge in [-0.15, -0.1) is 11.8 Å². The molecule has 0 radical (unpaired) electrons. The molecule has 5 nitrogen and oxygen atoms in total. The van der Waals surface area contributed by atoms with E-state index in [1.54, 1.807) is 24.3 Å². The van der Waals surface area contributed by atoms with E-state index in [9.17, 15) is 8.42 Å². The maximum Gasteiger partial charge on any atom is 0.244 e. The summed E-state index contributed by atoms with van der Waals surface area (Å²) in [7, 11) is -1.49. The van der Waals surface area contributed by atoms with Crippen LogP contribution in [0.1, 0.15) is 5.56 Å². The maximum atomic E-state index is 12.7. The number of hydrogen-bond donors (Lipinski definition) is 0. The second kappa shape index (κ2) is 8.46. The molecule has 0 bridgehead atoms. The lowest BCUT2D eigenvalue weighted by Gasteiger charge is -2.31. The molecule has 0 amide bonds. The molecule has 3 rings (SSSR count). The number of sulfonamides is 1. The first-order chi connectivity index (χ1) is 12.4. The quantitative estimate of drug-likeness (QED) is 0.676. The lowest BCUT2D eigenvalue weighted by molar-refractivity contribution is 0.222. The Morgan fingerprint density at radius 2 is 1.85 bits per heavy atom. The van der Waals surface area contributed by atoms with Crippen molar-refractivity contribution in [2.45, 2.75) is 15.7 Å². The normalized spacial score (nSPS) is 16.7. The minimum absolute atomic E-state index is 0.232. The van der Waals surface area contributed by atoms with Crippen molar-refractivity contribution in [2.24, 2.45) is 0 Å². The van der Waals surface area contributed by atoms with Crippen LogP contribution in [0, 0.1) is 0 Å². The standard InChI is InChI=1S/C17H19Cl2N3O2S2/c1-21-6-8-22(9-7-21)26(23,24)15-4-5-17(20-11-15)25-12-13-2-3-14(18)10-16(13)19/h2-5,10-11H,6-9,12H2,1H3. The number of hydrogen-bond acceptors (Lipinski definition) is 5. The summed E-state index contributed by atoms with van der Waals surface area (Å²) in [5.41, 5.74) is 0.956. The molecule has 1 aromatic carbocycles. The monoisotopic (exact) mass is 431 g/mol. The van der Waals surface area contributed by atoms with Crippen molar-refractivity contribution in [3.63, 3.8) is 0 Å². The van der Waals surface area contributed by atoms with E-state index in [0.29, 0.717) is 28.9 Å². The molecule has 1 fully saturated rings. The first kappa shape index (κ1) is 19.9.